The molecule has 0 unspecified atom stereocenters. The summed E-state index contributed by atoms with van der Waals surface area (Å²) < 4.78 is 17.6. The molecule has 2 aromatic carbocycles. The summed E-state index contributed by atoms with van der Waals surface area (Å²) in [7, 11) is 1.71. The van der Waals surface area contributed by atoms with Gasteiger partial charge in [0.15, 0.2) is 0 Å². The summed E-state index contributed by atoms with van der Waals surface area (Å²) in [5.74, 6) is -1.66. The molecule has 0 saturated heterocycles. The minimum atomic E-state index is -0.764. The van der Waals surface area contributed by atoms with E-state index in [-0.39, 0.29) is 23.6 Å². The molecule has 8 heteroatoms. The molecular formula is C21H19FN4O3. The van der Waals surface area contributed by atoms with Crippen molar-refractivity contribution in [1.82, 2.24) is 9.36 Å². The lowest BCUT2D eigenvalue weighted by molar-refractivity contribution is -0.116. The van der Waals surface area contributed by atoms with Crippen molar-refractivity contribution in [3.05, 3.63) is 75.5 Å². The minimum absolute atomic E-state index is 0.0896. The van der Waals surface area contributed by atoms with Gasteiger partial charge < -0.3 is 10.6 Å². The largest absolute Gasteiger partial charge is 0.326 e. The van der Waals surface area contributed by atoms with Gasteiger partial charge in [0.2, 0.25) is 5.91 Å². The molecule has 1 aliphatic rings. The summed E-state index contributed by atoms with van der Waals surface area (Å²) >= 11 is 0. The quantitative estimate of drug-likeness (QED) is 0.716. The fourth-order valence-corrected chi connectivity index (χ4v) is 3.47. The van der Waals surface area contributed by atoms with Gasteiger partial charge in [-0.1, -0.05) is 18.2 Å². The van der Waals surface area contributed by atoms with Crippen molar-refractivity contribution in [1.29, 1.82) is 0 Å². The van der Waals surface area contributed by atoms with Gasteiger partial charge in [0.25, 0.3) is 11.5 Å². The Kier molecular flexibility index (Phi) is 4.54. The summed E-state index contributed by atoms with van der Waals surface area (Å²) in [6, 6.07) is 11.6. The van der Waals surface area contributed by atoms with Crippen LogP contribution in [0.25, 0.3) is 5.69 Å². The van der Waals surface area contributed by atoms with Crippen LogP contribution in [0, 0.1) is 12.7 Å². The molecule has 0 aliphatic carbocycles. The average Bonchev–Trinajstić information content (AvgIpc) is 2.91. The normalized spacial score (nSPS) is 13.0. The fraction of sp³-hybridized carbons (Fsp3) is 0.190. The first-order valence-electron chi connectivity index (χ1n) is 9.14. The predicted molar refractivity (Wildman–Crippen MR) is 107 cm³/mol. The highest BCUT2D eigenvalue weighted by atomic mass is 19.1. The van der Waals surface area contributed by atoms with E-state index in [1.54, 1.807) is 30.8 Å². The summed E-state index contributed by atoms with van der Waals surface area (Å²) in [5.41, 5.74) is 1.76. The van der Waals surface area contributed by atoms with Crippen LogP contribution >= 0.6 is 0 Å². The third kappa shape index (κ3) is 3.22. The number of anilines is 2. The first kappa shape index (κ1) is 18.7. The van der Waals surface area contributed by atoms with Crippen LogP contribution in [0.5, 0.6) is 0 Å². The van der Waals surface area contributed by atoms with Crippen LogP contribution in [0.15, 0.2) is 47.3 Å². The number of fused-ring (bicyclic) bond motifs is 1. The van der Waals surface area contributed by atoms with Gasteiger partial charge in [0.1, 0.15) is 11.5 Å². The molecule has 0 fully saturated rings. The molecule has 148 valence electrons. The van der Waals surface area contributed by atoms with Gasteiger partial charge in [-0.3, -0.25) is 19.1 Å². The van der Waals surface area contributed by atoms with E-state index >= 15 is 0 Å². The topological polar surface area (TPSA) is 85.1 Å². The molecule has 4 rings (SSSR count). The van der Waals surface area contributed by atoms with Crippen molar-refractivity contribution < 1.29 is 14.0 Å². The molecule has 0 bridgehead atoms. The number of carbonyl (C=O) groups excluding carboxylic acids is 2. The second-order valence-corrected chi connectivity index (χ2v) is 6.93. The molecule has 0 saturated carbocycles. The SMILES string of the molecule is Cc1c(NC(=O)c2cc3c(cc2F)NC(=O)CC3)c(=O)n(-c2ccccc2)n1C. The van der Waals surface area contributed by atoms with E-state index < -0.39 is 17.3 Å². The molecule has 0 spiro atoms. The smallest absolute Gasteiger partial charge is 0.295 e. The van der Waals surface area contributed by atoms with Crippen LogP contribution in [0.2, 0.25) is 0 Å². The second kappa shape index (κ2) is 7.05. The van der Waals surface area contributed by atoms with Crippen LogP contribution in [0.1, 0.15) is 28.0 Å². The Bertz CT molecular complexity index is 1190. The fourth-order valence-electron chi connectivity index (χ4n) is 3.47. The number of rotatable bonds is 3. The number of aromatic nitrogens is 2. The van der Waals surface area contributed by atoms with Crippen LogP contribution in [-0.2, 0) is 18.3 Å². The molecule has 2 amide bonds. The zero-order chi connectivity index (χ0) is 20.7. The Balaban J connectivity index is 1.70. The monoisotopic (exact) mass is 394 g/mol. The molecule has 7 nitrogen and oxygen atoms in total. The zero-order valence-corrected chi connectivity index (χ0v) is 16.0. The van der Waals surface area contributed by atoms with Crippen molar-refractivity contribution in [3.8, 4) is 5.69 Å². The van der Waals surface area contributed by atoms with E-state index in [4.69, 9.17) is 0 Å². The number of amides is 2. The molecule has 29 heavy (non-hydrogen) atoms. The number of aryl methyl sites for hydroxylation is 1. The average molecular weight is 394 g/mol. The maximum absolute atomic E-state index is 14.5. The number of halogens is 1. The lowest BCUT2D eigenvalue weighted by Gasteiger charge is -2.18. The summed E-state index contributed by atoms with van der Waals surface area (Å²) in [6.45, 7) is 1.70. The number of benzene rings is 2. The first-order chi connectivity index (χ1) is 13.9. The lowest BCUT2D eigenvalue weighted by Crippen LogP contribution is -2.24. The molecule has 3 aromatic rings. The van der Waals surface area contributed by atoms with Crippen LogP contribution in [0.3, 0.4) is 0 Å². The maximum Gasteiger partial charge on any atom is 0.295 e. The van der Waals surface area contributed by atoms with Crippen molar-refractivity contribution in [3.63, 3.8) is 0 Å². The van der Waals surface area contributed by atoms with E-state index in [2.05, 4.69) is 10.6 Å². The number of hydrogen-bond donors (Lipinski definition) is 2. The van der Waals surface area contributed by atoms with Crippen LogP contribution < -0.4 is 16.2 Å². The Morgan fingerprint density at radius 1 is 1.14 bits per heavy atom. The van der Waals surface area contributed by atoms with Crippen LogP contribution in [0.4, 0.5) is 15.8 Å². The van der Waals surface area contributed by atoms with Crippen molar-refractivity contribution in [2.45, 2.75) is 19.8 Å². The number of carbonyl (C=O) groups is 2. The number of nitrogens with one attached hydrogen (secondary N) is 2. The molecule has 1 aliphatic heterocycles. The summed E-state index contributed by atoms with van der Waals surface area (Å²) in [5, 5.41) is 5.16. The van der Waals surface area contributed by atoms with Crippen molar-refractivity contribution in [2.24, 2.45) is 7.05 Å². The van der Waals surface area contributed by atoms with Gasteiger partial charge in [-0.2, -0.15) is 0 Å². The molecule has 0 atom stereocenters. The highest BCUT2D eigenvalue weighted by molar-refractivity contribution is 6.05. The minimum Gasteiger partial charge on any atom is -0.326 e. The van der Waals surface area contributed by atoms with Crippen LogP contribution in [-0.4, -0.2) is 21.2 Å². The lowest BCUT2D eigenvalue weighted by atomic mass is 9.99. The van der Waals surface area contributed by atoms with Gasteiger partial charge in [-0.15, -0.1) is 0 Å². The summed E-state index contributed by atoms with van der Waals surface area (Å²) in [6.07, 6.45) is 0.701. The number of nitrogens with zero attached hydrogens (tertiary/aromatic N) is 2. The van der Waals surface area contributed by atoms with E-state index in [0.717, 1.165) is 6.07 Å². The van der Waals surface area contributed by atoms with Gasteiger partial charge in [-0.25, -0.2) is 9.07 Å². The van der Waals surface area contributed by atoms with E-state index in [1.807, 2.05) is 18.2 Å². The van der Waals surface area contributed by atoms with E-state index in [9.17, 15) is 18.8 Å². The molecule has 2 heterocycles. The Morgan fingerprint density at radius 2 is 1.86 bits per heavy atom. The molecular weight excluding hydrogens is 375 g/mol. The Hall–Kier alpha value is -3.68. The van der Waals surface area contributed by atoms with Gasteiger partial charge in [-0.05, 0) is 43.2 Å². The highest BCUT2D eigenvalue weighted by Gasteiger charge is 2.23. The summed E-state index contributed by atoms with van der Waals surface area (Å²) in [4.78, 5) is 37.1. The number of para-hydroxylation sites is 1. The van der Waals surface area contributed by atoms with Crippen molar-refractivity contribution >= 4 is 23.2 Å². The van der Waals surface area contributed by atoms with Crippen molar-refractivity contribution in [2.75, 3.05) is 10.6 Å². The van der Waals surface area contributed by atoms with Gasteiger partial charge >= 0.3 is 0 Å². The third-order valence-corrected chi connectivity index (χ3v) is 5.13. The van der Waals surface area contributed by atoms with E-state index in [0.29, 0.717) is 29.1 Å². The molecule has 2 N–H and O–H groups in total. The Morgan fingerprint density at radius 3 is 2.59 bits per heavy atom. The Labute approximate surface area is 165 Å². The maximum atomic E-state index is 14.5. The first-order valence-corrected chi connectivity index (χ1v) is 9.14. The standard InChI is InChI=1S/C21H19FN4O3/c1-12-19(21(29)26(25(12)2)14-6-4-3-5-7-14)24-20(28)15-10-13-8-9-18(27)23-17(13)11-16(15)22/h3-7,10-11H,8-9H2,1-2H3,(H,23,27)(H,24,28). The number of hydrogen-bond acceptors (Lipinski definition) is 3. The van der Waals surface area contributed by atoms with Gasteiger partial charge in [0, 0.05) is 19.2 Å². The molecule has 1 aromatic heterocycles. The van der Waals surface area contributed by atoms with Gasteiger partial charge in [0.05, 0.1) is 16.9 Å². The predicted octanol–water partition coefficient (Wildman–Crippen LogP) is 2.76. The second-order valence-electron chi connectivity index (χ2n) is 6.93. The molecule has 0 radical (unpaired) electrons. The highest BCUT2D eigenvalue weighted by Crippen LogP contribution is 2.26. The van der Waals surface area contributed by atoms with E-state index in [1.165, 1.54) is 10.7 Å². The third-order valence-electron chi connectivity index (χ3n) is 5.13. The zero-order valence-electron chi connectivity index (χ0n) is 16.0.